The highest BCUT2D eigenvalue weighted by Crippen LogP contribution is 2.20. The summed E-state index contributed by atoms with van der Waals surface area (Å²) in [5.74, 6) is -0.172. The molecule has 5 nitrogen and oxygen atoms in total. The third-order valence-electron chi connectivity index (χ3n) is 4.77. The minimum Gasteiger partial charge on any atom is -0.339 e. The maximum absolute atomic E-state index is 12.7. The Hall–Kier alpha value is -2.47. The van der Waals surface area contributed by atoms with Crippen molar-refractivity contribution in [1.82, 2.24) is 10.3 Å². The zero-order chi connectivity index (χ0) is 19.2. The van der Waals surface area contributed by atoms with E-state index in [9.17, 15) is 9.59 Å². The van der Waals surface area contributed by atoms with Crippen LogP contribution in [0.3, 0.4) is 0 Å². The molecule has 0 radical (unpaired) electrons. The lowest BCUT2D eigenvalue weighted by molar-refractivity contribution is -0.126. The normalized spacial score (nSPS) is 15.1. The topological polar surface area (TPSA) is 61.8 Å². The van der Waals surface area contributed by atoms with Gasteiger partial charge < -0.3 is 4.90 Å². The number of hydrogen-bond donors (Lipinski definition) is 1. The highest BCUT2D eigenvalue weighted by Gasteiger charge is 2.28. The fourth-order valence-electron chi connectivity index (χ4n) is 3.18. The van der Waals surface area contributed by atoms with E-state index in [-0.39, 0.29) is 17.7 Å². The van der Waals surface area contributed by atoms with Gasteiger partial charge in [-0.1, -0.05) is 46.3 Å². The monoisotopic (exact) mass is 427 g/mol. The summed E-state index contributed by atoms with van der Waals surface area (Å²) in [6.45, 7) is 3.11. The second kappa shape index (κ2) is 8.95. The van der Waals surface area contributed by atoms with Crippen LogP contribution in [0.15, 0.2) is 58.1 Å². The van der Waals surface area contributed by atoms with E-state index < -0.39 is 0 Å². The number of aryl methyl sites for hydroxylation is 1. The summed E-state index contributed by atoms with van der Waals surface area (Å²) in [4.78, 5) is 26.8. The summed E-state index contributed by atoms with van der Waals surface area (Å²) in [6, 6.07) is 15.3. The highest BCUT2D eigenvalue weighted by molar-refractivity contribution is 9.10. The van der Waals surface area contributed by atoms with Gasteiger partial charge in [0.05, 0.1) is 6.21 Å². The first-order chi connectivity index (χ1) is 13.0. The molecule has 1 N–H and O–H groups in total. The molecule has 1 saturated heterocycles. The van der Waals surface area contributed by atoms with E-state index in [4.69, 9.17) is 0 Å². The minimum atomic E-state index is -0.120. The van der Waals surface area contributed by atoms with Gasteiger partial charge in [-0.3, -0.25) is 9.59 Å². The molecule has 140 valence electrons. The van der Waals surface area contributed by atoms with Crippen molar-refractivity contribution in [2.24, 2.45) is 11.0 Å². The van der Waals surface area contributed by atoms with E-state index in [0.717, 1.165) is 21.2 Å². The van der Waals surface area contributed by atoms with Gasteiger partial charge in [-0.15, -0.1) is 0 Å². The molecular weight excluding hydrogens is 406 g/mol. The van der Waals surface area contributed by atoms with Crippen LogP contribution in [-0.2, 0) is 4.79 Å². The maximum atomic E-state index is 12.7. The van der Waals surface area contributed by atoms with E-state index in [1.807, 2.05) is 60.4 Å². The van der Waals surface area contributed by atoms with E-state index in [1.54, 1.807) is 6.21 Å². The number of benzene rings is 2. The first-order valence-corrected chi connectivity index (χ1v) is 9.77. The Morgan fingerprint density at radius 3 is 2.59 bits per heavy atom. The van der Waals surface area contributed by atoms with E-state index >= 15 is 0 Å². The van der Waals surface area contributed by atoms with Gasteiger partial charge in [0.15, 0.2) is 0 Å². The van der Waals surface area contributed by atoms with Crippen molar-refractivity contribution >= 4 is 34.0 Å². The fraction of sp³-hybridized carbons (Fsp3) is 0.286. The van der Waals surface area contributed by atoms with Gasteiger partial charge in [-0.25, -0.2) is 5.43 Å². The quantitative estimate of drug-likeness (QED) is 0.596. The number of halogens is 1. The number of carbonyl (C=O) groups excluding carboxylic acids is 2. The van der Waals surface area contributed by atoms with E-state index in [2.05, 4.69) is 26.5 Å². The average Bonchev–Trinajstić information content (AvgIpc) is 2.68. The standard InChI is InChI=1S/C21H22BrN3O2/c1-15-5-2-3-8-19(15)21(27)25-11-9-17(10-12-25)20(26)24-23-14-16-6-4-7-18(22)13-16/h2-8,13-14,17H,9-12H2,1H3,(H,24,26)/b23-14-. The summed E-state index contributed by atoms with van der Waals surface area (Å²) < 4.78 is 0.962. The van der Waals surface area contributed by atoms with Crippen LogP contribution in [0.25, 0.3) is 0 Å². The van der Waals surface area contributed by atoms with Crippen LogP contribution in [0.1, 0.15) is 34.3 Å². The van der Waals surface area contributed by atoms with Gasteiger partial charge in [0.2, 0.25) is 5.91 Å². The predicted octanol–water partition coefficient (Wildman–Crippen LogP) is 3.76. The van der Waals surface area contributed by atoms with Crippen LogP contribution >= 0.6 is 15.9 Å². The molecule has 1 fully saturated rings. The highest BCUT2D eigenvalue weighted by atomic mass is 79.9. The molecule has 1 aliphatic heterocycles. The van der Waals surface area contributed by atoms with Crippen LogP contribution in [0.4, 0.5) is 0 Å². The number of amides is 2. The Labute approximate surface area is 167 Å². The van der Waals surface area contributed by atoms with Gasteiger partial charge in [0.1, 0.15) is 0 Å². The Morgan fingerprint density at radius 2 is 1.89 bits per heavy atom. The molecule has 0 unspecified atom stereocenters. The van der Waals surface area contributed by atoms with Gasteiger partial charge in [-0.05, 0) is 49.1 Å². The van der Waals surface area contributed by atoms with Crippen LogP contribution in [-0.4, -0.2) is 36.0 Å². The van der Waals surface area contributed by atoms with Crippen molar-refractivity contribution < 1.29 is 9.59 Å². The number of hydrazone groups is 1. The molecule has 0 bridgehead atoms. The molecule has 27 heavy (non-hydrogen) atoms. The summed E-state index contributed by atoms with van der Waals surface area (Å²) in [7, 11) is 0. The number of carbonyl (C=O) groups is 2. The van der Waals surface area contributed by atoms with Crippen molar-refractivity contribution in [3.05, 3.63) is 69.7 Å². The average molecular weight is 428 g/mol. The molecule has 3 rings (SSSR count). The number of hydrogen-bond acceptors (Lipinski definition) is 3. The van der Waals surface area contributed by atoms with Crippen molar-refractivity contribution in [3.63, 3.8) is 0 Å². The molecular formula is C21H22BrN3O2. The molecule has 0 aliphatic carbocycles. The molecule has 2 amide bonds. The Kier molecular flexibility index (Phi) is 6.40. The van der Waals surface area contributed by atoms with Crippen molar-refractivity contribution in [3.8, 4) is 0 Å². The molecule has 0 aromatic heterocycles. The van der Waals surface area contributed by atoms with Crippen LogP contribution < -0.4 is 5.43 Å². The fourth-order valence-corrected chi connectivity index (χ4v) is 3.59. The molecule has 0 saturated carbocycles. The van der Waals surface area contributed by atoms with Crippen LogP contribution in [0.2, 0.25) is 0 Å². The first kappa shape index (κ1) is 19.3. The van der Waals surface area contributed by atoms with Crippen molar-refractivity contribution in [2.75, 3.05) is 13.1 Å². The Balaban J connectivity index is 1.50. The maximum Gasteiger partial charge on any atom is 0.254 e. The lowest BCUT2D eigenvalue weighted by atomic mass is 9.95. The molecule has 2 aromatic rings. The summed E-state index contributed by atoms with van der Waals surface area (Å²) in [6.07, 6.45) is 2.92. The van der Waals surface area contributed by atoms with Gasteiger partial charge >= 0.3 is 0 Å². The number of rotatable bonds is 4. The van der Waals surface area contributed by atoms with Crippen LogP contribution in [0.5, 0.6) is 0 Å². The number of nitrogens with one attached hydrogen (secondary N) is 1. The molecule has 2 aromatic carbocycles. The zero-order valence-electron chi connectivity index (χ0n) is 15.2. The van der Waals surface area contributed by atoms with Crippen molar-refractivity contribution in [2.45, 2.75) is 19.8 Å². The van der Waals surface area contributed by atoms with Gasteiger partial charge in [-0.2, -0.15) is 5.10 Å². The van der Waals surface area contributed by atoms with Crippen molar-refractivity contribution in [1.29, 1.82) is 0 Å². The molecule has 6 heteroatoms. The molecule has 1 aliphatic rings. The second-order valence-corrected chi connectivity index (χ2v) is 7.59. The third kappa shape index (κ3) is 5.04. The van der Waals surface area contributed by atoms with Crippen LogP contribution in [0, 0.1) is 12.8 Å². The Bertz CT molecular complexity index is 858. The molecule has 0 spiro atoms. The lowest BCUT2D eigenvalue weighted by Gasteiger charge is -2.31. The smallest absolute Gasteiger partial charge is 0.254 e. The molecule has 1 heterocycles. The number of nitrogens with zero attached hydrogens (tertiary/aromatic N) is 2. The van der Waals surface area contributed by atoms with E-state index in [1.165, 1.54) is 0 Å². The van der Waals surface area contributed by atoms with E-state index in [0.29, 0.717) is 25.9 Å². The summed E-state index contributed by atoms with van der Waals surface area (Å²) in [5.41, 5.74) is 5.23. The summed E-state index contributed by atoms with van der Waals surface area (Å²) in [5, 5.41) is 4.05. The lowest BCUT2D eigenvalue weighted by Crippen LogP contribution is -2.42. The third-order valence-corrected chi connectivity index (χ3v) is 5.26. The largest absolute Gasteiger partial charge is 0.339 e. The SMILES string of the molecule is Cc1ccccc1C(=O)N1CCC(C(=O)N/N=C\c2cccc(Br)c2)CC1. The summed E-state index contributed by atoms with van der Waals surface area (Å²) >= 11 is 3.40. The van der Waals surface area contributed by atoms with Gasteiger partial charge in [0.25, 0.3) is 5.91 Å². The van der Waals surface area contributed by atoms with Gasteiger partial charge in [0, 0.05) is 29.0 Å². The molecule has 0 atom stereocenters. The minimum absolute atomic E-state index is 0.0413. The number of piperidine rings is 1. The second-order valence-electron chi connectivity index (χ2n) is 6.67. The predicted molar refractivity (Wildman–Crippen MR) is 110 cm³/mol. The Morgan fingerprint density at radius 1 is 1.15 bits per heavy atom. The first-order valence-electron chi connectivity index (χ1n) is 8.98. The zero-order valence-corrected chi connectivity index (χ0v) is 16.8. The number of likely N-dealkylation sites (tertiary alicyclic amines) is 1.